The number of aromatic nitrogens is 1. The maximum Gasteiger partial charge on any atom is 0.220 e. The minimum atomic E-state index is 0.0108. The first-order chi connectivity index (χ1) is 12.0. The number of hydrogen-bond acceptors (Lipinski definition) is 0. The maximum absolute atomic E-state index is 8.52. The molecule has 3 aromatic rings. The molecule has 0 unspecified atom stereocenters. The van der Waals surface area contributed by atoms with E-state index in [9.17, 15) is 0 Å². The summed E-state index contributed by atoms with van der Waals surface area (Å²) in [7, 11) is 1.89. The summed E-state index contributed by atoms with van der Waals surface area (Å²) in [6.07, 6.45) is 0.247. The second-order valence-corrected chi connectivity index (χ2v) is 7.91. The lowest BCUT2D eigenvalue weighted by Crippen LogP contribution is -2.31. The highest BCUT2D eigenvalue weighted by Gasteiger charge is 2.20. The lowest BCUT2D eigenvalue weighted by atomic mass is 9.85. The van der Waals surface area contributed by atoms with E-state index >= 15 is 0 Å². The zero-order valence-corrected chi connectivity index (χ0v) is 15.8. The molecular formula is C23H28N+. The summed E-state index contributed by atoms with van der Waals surface area (Å²) in [5.41, 5.74) is 7.05. The Balaban J connectivity index is 2.47. The van der Waals surface area contributed by atoms with Crippen LogP contribution in [0.3, 0.4) is 0 Å². The van der Waals surface area contributed by atoms with E-state index in [1.165, 1.54) is 22.3 Å². The highest BCUT2D eigenvalue weighted by Crippen LogP contribution is 2.32. The summed E-state index contributed by atoms with van der Waals surface area (Å²) in [4.78, 5) is 0. The first kappa shape index (κ1) is 14.2. The van der Waals surface area contributed by atoms with Crippen LogP contribution in [0.5, 0.6) is 0 Å². The molecule has 1 heteroatoms. The van der Waals surface area contributed by atoms with Gasteiger partial charge in [-0.05, 0) is 60.4 Å². The predicted octanol–water partition coefficient (Wildman–Crippen LogP) is 5.55. The highest BCUT2D eigenvalue weighted by molar-refractivity contribution is 5.94. The molecule has 0 aliphatic carbocycles. The second kappa shape index (κ2) is 5.73. The van der Waals surface area contributed by atoms with Crippen molar-refractivity contribution in [2.75, 3.05) is 0 Å². The Bertz CT molecular complexity index is 1030. The third-order valence-corrected chi connectivity index (χ3v) is 4.90. The second-order valence-electron chi connectivity index (χ2n) is 7.91. The Morgan fingerprint density at radius 1 is 1.00 bits per heavy atom. The third-order valence-electron chi connectivity index (χ3n) is 4.90. The summed E-state index contributed by atoms with van der Waals surface area (Å²) in [6.45, 7) is 12.9. The molecule has 1 aromatic heterocycles. The van der Waals surface area contributed by atoms with E-state index in [1.807, 2.05) is 11.6 Å². The molecule has 0 saturated heterocycles. The third kappa shape index (κ3) is 2.84. The number of rotatable bonds is 1. The Morgan fingerprint density at radius 3 is 2.38 bits per heavy atom. The van der Waals surface area contributed by atoms with E-state index in [2.05, 4.69) is 71.9 Å². The van der Waals surface area contributed by atoms with Crippen LogP contribution < -0.4 is 4.57 Å². The molecule has 1 heterocycles. The van der Waals surface area contributed by atoms with Gasteiger partial charge in [-0.2, -0.15) is 0 Å². The van der Waals surface area contributed by atoms with Crippen molar-refractivity contribution in [1.82, 2.24) is 0 Å². The van der Waals surface area contributed by atoms with E-state index < -0.39 is 0 Å². The van der Waals surface area contributed by atoms with Crippen LogP contribution in [-0.2, 0) is 12.5 Å². The van der Waals surface area contributed by atoms with Gasteiger partial charge in [-0.1, -0.05) is 44.5 Å². The van der Waals surface area contributed by atoms with E-state index in [0.717, 1.165) is 22.0 Å². The van der Waals surface area contributed by atoms with Crippen LogP contribution in [0.15, 0.2) is 42.5 Å². The van der Waals surface area contributed by atoms with Crippen molar-refractivity contribution in [3.05, 3.63) is 64.8 Å². The molecule has 0 saturated carbocycles. The van der Waals surface area contributed by atoms with Gasteiger partial charge in [0.15, 0.2) is 6.17 Å². The summed E-state index contributed by atoms with van der Waals surface area (Å²) >= 11 is 0. The van der Waals surface area contributed by atoms with Gasteiger partial charge >= 0.3 is 0 Å². The van der Waals surface area contributed by atoms with E-state index in [0.29, 0.717) is 6.04 Å². The fourth-order valence-electron chi connectivity index (χ4n) is 3.31. The molecule has 124 valence electrons. The molecule has 0 aliphatic heterocycles. The van der Waals surface area contributed by atoms with Crippen LogP contribution in [0.1, 0.15) is 45.8 Å². The van der Waals surface area contributed by atoms with Gasteiger partial charge in [0, 0.05) is 6.04 Å². The lowest BCUT2D eigenvalue weighted by molar-refractivity contribution is -0.659. The van der Waals surface area contributed by atoms with E-state index in [-0.39, 0.29) is 11.6 Å². The number of pyridine rings is 1. The van der Waals surface area contributed by atoms with E-state index in [4.69, 9.17) is 2.74 Å². The standard InChI is InChI=1S/C23H28N/c1-15-12-16(2)17(3)21(13-15)22-20-9-8-19(23(4,5)6)14-18(20)10-11-24(22)7/h8-14H,1-7H3/q+1/i10D,11D. The monoisotopic (exact) mass is 320 g/mol. The first-order valence-electron chi connectivity index (χ1n) is 9.54. The molecule has 1 nitrogen and oxygen atoms in total. The largest absolute Gasteiger partial charge is 0.220 e. The van der Waals surface area contributed by atoms with Crippen LogP contribution >= 0.6 is 0 Å². The van der Waals surface area contributed by atoms with Crippen molar-refractivity contribution in [2.24, 2.45) is 7.05 Å². The summed E-state index contributed by atoms with van der Waals surface area (Å²) in [5, 5.41) is 1.89. The zero-order chi connectivity index (χ0) is 19.4. The van der Waals surface area contributed by atoms with Crippen LogP contribution in [0, 0.1) is 20.8 Å². The molecule has 0 amide bonds. The summed E-state index contributed by atoms with van der Waals surface area (Å²) in [5.74, 6) is 0. The fraction of sp³-hybridized carbons (Fsp3) is 0.348. The van der Waals surface area contributed by atoms with Gasteiger partial charge in [-0.15, -0.1) is 0 Å². The summed E-state index contributed by atoms with van der Waals surface area (Å²) < 4.78 is 18.9. The molecule has 0 bridgehead atoms. The molecular weight excluding hydrogens is 290 g/mol. The molecule has 0 atom stereocenters. The average molecular weight is 320 g/mol. The number of benzene rings is 2. The van der Waals surface area contributed by atoms with Gasteiger partial charge in [-0.3, -0.25) is 0 Å². The minimum absolute atomic E-state index is 0.0108. The predicted molar refractivity (Wildman–Crippen MR) is 103 cm³/mol. The fourth-order valence-corrected chi connectivity index (χ4v) is 3.31. The number of nitrogens with zero attached hydrogens (tertiary/aromatic N) is 1. The Kier molecular flexibility index (Phi) is 3.40. The number of fused-ring (bicyclic) bond motifs is 1. The lowest BCUT2D eigenvalue weighted by Gasteiger charge is -2.20. The molecule has 2 aromatic carbocycles. The molecule has 3 rings (SSSR count). The molecule has 0 radical (unpaired) electrons. The Labute approximate surface area is 148 Å². The molecule has 0 fully saturated rings. The zero-order valence-electron chi connectivity index (χ0n) is 17.8. The SMILES string of the molecule is [2H]c1c([2H])[n+](C)c(-c2cc(C)cc(C)c2C)c2ccc(C(C)(C)C)cc12. The molecule has 0 spiro atoms. The van der Waals surface area contributed by atoms with Gasteiger partial charge in [0.25, 0.3) is 0 Å². The Morgan fingerprint density at radius 2 is 1.71 bits per heavy atom. The van der Waals surface area contributed by atoms with Gasteiger partial charge in [0.05, 0.1) is 12.3 Å². The van der Waals surface area contributed by atoms with Gasteiger partial charge in [-0.25, -0.2) is 4.57 Å². The quantitative estimate of drug-likeness (QED) is 0.517. The smallest absolute Gasteiger partial charge is 0.200 e. The topological polar surface area (TPSA) is 3.88 Å². The molecule has 24 heavy (non-hydrogen) atoms. The van der Waals surface area contributed by atoms with Crippen LogP contribution in [0.4, 0.5) is 0 Å². The number of hydrogen-bond donors (Lipinski definition) is 0. The van der Waals surface area contributed by atoms with Crippen molar-refractivity contribution in [1.29, 1.82) is 0 Å². The van der Waals surface area contributed by atoms with Crippen molar-refractivity contribution < 1.29 is 7.31 Å². The van der Waals surface area contributed by atoms with Crippen molar-refractivity contribution in [3.63, 3.8) is 0 Å². The molecule has 0 N–H and O–H groups in total. The van der Waals surface area contributed by atoms with Crippen LogP contribution in [0.2, 0.25) is 0 Å². The van der Waals surface area contributed by atoms with E-state index in [1.54, 1.807) is 0 Å². The summed E-state index contributed by atoms with van der Waals surface area (Å²) in [6, 6.07) is 11.1. The van der Waals surface area contributed by atoms with Crippen molar-refractivity contribution in [3.8, 4) is 11.3 Å². The minimum Gasteiger partial charge on any atom is -0.200 e. The van der Waals surface area contributed by atoms with Gasteiger partial charge < -0.3 is 0 Å². The van der Waals surface area contributed by atoms with Crippen LogP contribution in [-0.4, -0.2) is 0 Å². The van der Waals surface area contributed by atoms with Gasteiger partial charge in [0.1, 0.15) is 8.42 Å². The highest BCUT2D eigenvalue weighted by atomic mass is 14.9. The Hall–Kier alpha value is -2.15. The maximum atomic E-state index is 8.52. The van der Waals surface area contributed by atoms with Crippen molar-refractivity contribution in [2.45, 2.75) is 47.0 Å². The normalized spacial score (nSPS) is 13.1. The van der Waals surface area contributed by atoms with Crippen LogP contribution in [0.25, 0.3) is 22.0 Å². The van der Waals surface area contributed by atoms with Crippen molar-refractivity contribution >= 4 is 10.8 Å². The van der Waals surface area contributed by atoms with Gasteiger partial charge in [0.2, 0.25) is 5.69 Å². The first-order valence-corrected chi connectivity index (χ1v) is 8.54. The molecule has 0 aliphatic rings. The average Bonchev–Trinajstić information content (AvgIpc) is 2.56. The number of aryl methyl sites for hydroxylation is 2.